The topological polar surface area (TPSA) is 129 Å². The minimum atomic E-state index is -1.02. The fraction of sp³-hybridized carbons (Fsp3) is 0.182. The van der Waals surface area contributed by atoms with Gasteiger partial charge in [-0.15, -0.1) is 11.3 Å². The quantitative estimate of drug-likeness (QED) is 0.179. The van der Waals surface area contributed by atoms with E-state index in [2.05, 4.69) is 10.1 Å². The average molecular weight is 649 g/mol. The van der Waals surface area contributed by atoms with Crippen LogP contribution in [-0.4, -0.2) is 83.6 Å². The third-order valence-corrected chi connectivity index (χ3v) is 8.92. The fourth-order valence-corrected chi connectivity index (χ4v) is 6.33. The second-order valence-corrected chi connectivity index (χ2v) is 11.4. The second-order valence-electron chi connectivity index (χ2n) is 10.3. The Bertz CT molecular complexity index is 2170. The van der Waals surface area contributed by atoms with Gasteiger partial charge in [-0.2, -0.15) is 0 Å². The Kier molecular flexibility index (Phi) is 10.0. The van der Waals surface area contributed by atoms with Crippen molar-refractivity contribution in [2.24, 2.45) is 0 Å². The van der Waals surface area contributed by atoms with Crippen LogP contribution in [0.1, 0.15) is 40.7 Å². The number of aryl methyl sites for hydroxylation is 1. The molecule has 0 aliphatic heterocycles. The maximum absolute atomic E-state index is 14.0. The van der Waals surface area contributed by atoms with Crippen LogP contribution in [0.4, 0.5) is 0 Å². The molecule has 1 atom stereocenters. The van der Waals surface area contributed by atoms with E-state index < -0.39 is 23.0 Å². The molecule has 224 valence electrons. The average Bonchev–Trinajstić information content (AvgIpc) is 3.70. The summed E-state index contributed by atoms with van der Waals surface area (Å²) in [5, 5.41) is 4.23. The molecule has 1 unspecified atom stereocenters. The molecule has 6 aromatic rings. The van der Waals surface area contributed by atoms with E-state index in [-0.39, 0.29) is 63.7 Å². The zero-order chi connectivity index (χ0) is 31.0. The van der Waals surface area contributed by atoms with Gasteiger partial charge in [-0.1, -0.05) is 60.6 Å². The van der Waals surface area contributed by atoms with Gasteiger partial charge in [0.2, 0.25) is 0 Å². The van der Waals surface area contributed by atoms with Crippen molar-refractivity contribution in [1.29, 1.82) is 0 Å². The number of thiophene rings is 1. The molecule has 0 fully saturated rings. The molecule has 10 nitrogen and oxygen atoms in total. The first-order chi connectivity index (χ1) is 21.3. The molecular weight excluding hydrogens is 620 g/mol. The van der Waals surface area contributed by atoms with Gasteiger partial charge >= 0.3 is 62.8 Å². The van der Waals surface area contributed by atoms with Gasteiger partial charge in [0.1, 0.15) is 16.6 Å². The molecule has 0 saturated heterocycles. The van der Waals surface area contributed by atoms with Crippen molar-refractivity contribution in [3.05, 3.63) is 126 Å². The number of aromatic nitrogens is 4. The Hall–Kier alpha value is -3.65. The standard InChI is InChI=1S/C33H28N4O6S.K.H/c1-4-24-17-27-30(39)37(19(2)28(38)22-13-15-23(42-3)16-14-22)33(41)36(31(27)44-24)18-20-9-11-21(12-10-20)25-7-5-6-8-26(25)29-34-32(40)43-35-29;;/h5-17,19H,4,18H2,1-3H3,(H,34,35,40);;. The summed E-state index contributed by atoms with van der Waals surface area (Å²) in [7, 11) is 1.54. The molecule has 3 heterocycles. The number of fused-ring (bicyclic) bond motifs is 1. The van der Waals surface area contributed by atoms with Gasteiger partial charge in [-0.3, -0.25) is 23.7 Å². The van der Waals surface area contributed by atoms with Crippen molar-refractivity contribution in [3.63, 3.8) is 0 Å². The van der Waals surface area contributed by atoms with E-state index >= 15 is 0 Å². The number of hydrogen-bond acceptors (Lipinski definition) is 8. The number of nitrogens with zero attached hydrogens (tertiary/aromatic N) is 3. The molecule has 3 aromatic carbocycles. The molecule has 12 heteroatoms. The number of aromatic amines is 1. The van der Waals surface area contributed by atoms with Crippen molar-refractivity contribution in [1.82, 2.24) is 19.3 Å². The van der Waals surface area contributed by atoms with Crippen molar-refractivity contribution < 1.29 is 14.1 Å². The van der Waals surface area contributed by atoms with Crippen LogP contribution in [0.2, 0.25) is 0 Å². The summed E-state index contributed by atoms with van der Waals surface area (Å²) in [6.45, 7) is 3.76. The van der Waals surface area contributed by atoms with Crippen molar-refractivity contribution in [3.8, 4) is 28.3 Å². The van der Waals surface area contributed by atoms with Gasteiger partial charge in [0.15, 0.2) is 11.6 Å². The van der Waals surface area contributed by atoms with Crippen molar-refractivity contribution in [2.45, 2.75) is 32.9 Å². The third-order valence-electron chi connectivity index (χ3n) is 7.61. The Morgan fingerprint density at radius 2 is 1.69 bits per heavy atom. The van der Waals surface area contributed by atoms with E-state index in [1.165, 1.54) is 18.4 Å². The van der Waals surface area contributed by atoms with E-state index in [1.807, 2.05) is 61.5 Å². The fourth-order valence-electron chi connectivity index (χ4n) is 5.25. The van der Waals surface area contributed by atoms with Crippen molar-refractivity contribution >= 4 is 78.7 Å². The van der Waals surface area contributed by atoms with Crippen molar-refractivity contribution in [2.75, 3.05) is 7.11 Å². The Morgan fingerprint density at radius 1 is 1.00 bits per heavy atom. The van der Waals surface area contributed by atoms with Crippen LogP contribution in [0.5, 0.6) is 5.75 Å². The first kappa shape index (κ1) is 32.7. The normalized spacial score (nSPS) is 11.7. The molecule has 0 bridgehead atoms. The van der Waals surface area contributed by atoms with E-state index in [0.29, 0.717) is 39.3 Å². The summed E-state index contributed by atoms with van der Waals surface area (Å²) < 4.78 is 12.5. The SMILES string of the molecule is CCc1cc2c(=O)n(C(C)C(=O)c3ccc(OC)cc3)c(=O)n(Cc3ccc(-c4ccccc4-c4noc(=O)[nH]4)cc3)c2s1.[KH]. The minimum absolute atomic E-state index is 0. The van der Waals surface area contributed by atoms with E-state index in [0.717, 1.165) is 26.1 Å². The van der Waals surface area contributed by atoms with E-state index in [4.69, 9.17) is 9.26 Å². The molecule has 0 aliphatic carbocycles. The molecule has 0 radical (unpaired) electrons. The molecule has 0 spiro atoms. The molecule has 0 amide bonds. The van der Waals surface area contributed by atoms with Crippen LogP contribution in [0.3, 0.4) is 0 Å². The van der Waals surface area contributed by atoms with Gasteiger partial charge in [0, 0.05) is 16.0 Å². The predicted molar refractivity (Wildman–Crippen MR) is 176 cm³/mol. The number of carbonyl (C=O) groups excluding carboxylic acids is 1. The van der Waals surface area contributed by atoms with Crippen LogP contribution in [0.15, 0.2) is 97.8 Å². The number of carbonyl (C=O) groups is 1. The number of H-pyrrole nitrogens is 1. The maximum atomic E-state index is 14.0. The first-order valence-electron chi connectivity index (χ1n) is 14.0. The first-order valence-corrected chi connectivity index (χ1v) is 14.8. The number of hydrogen-bond donors (Lipinski definition) is 1. The molecule has 6 rings (SSSR count). The number of benzene rings is 3. The molecular formula is C33H29KN4O6S. The second kappa shape index (κ2) is 13.8. The van der Waals surface area contributed by atoms with E-state index in [1.54, 1.807) is 35.8 Å². The Labute approximate surface area is 303 Å². The number of nitrogens with one attached hydrogen (secondary N) is 1. The molecule has 0 saturated carbocycles. The van der Waals surface area contributed by atoms with Gasteiger partial charge < -0.3 is 4.74 Å². The summed E-state index contributed by atoms with van der Waals surface area (Å²) in [5.41, 5.74) is 2.59. The van der Waals surface area contributed by atoms with E-state index in [9.17, 15) is 19.2 Å². The third kappa shape index (κ3) is 6.39. The van der Waals surface area contributed by atoms with Crippen LogP contribution in [0, 0.1) is 0 Å². The summed E-state index contributed by atoms with van der Waals surface area (Å²) >= 11 is 1.41. The Morgan fingerprint density at radius 3 is 2.31 bits per heavy atom. The van der Waals surface area contributed by atoms with Gasteiger partial charge in [0.25, 0.3) is 5.56 Å². The number of methoxy groups -OCH3 is 1. The van der Waals surface area contributed by atoms with Crippen LogP contribution >= 0.6 is 11.3 Å². The van der Waals surface area contributed by atoms with Gasteiger partial charge in [-0.25, -0.2) is 14.2 Å². The van der Waals surface area contributed by atoms with Crippen LogP contribution in [0.25, 0.3) is 32.7 Å². The Balaban J connectivity index is 0.00000400. The van der Waals surface area contributed by atoms with Gasteiger partial charge in [-0.05, 0) is 60.4 Å². The number of ketones is 1. The zero-order valence-electron chi connectivity index (χ0n) is 24.2. The molecule has 45 heavy (non-hydrogen) atoms. The van der Waals surface area contributed by atoms with Gasteiger partial charge in [0.05, 0.1) is 19.0 Å². The predicted octanol–water partition coefficient (Wildman–Crippen LogP) is 4.65. The zero-order valence-corrected chi connectivity index (χ0v) is 25.0. The molecule has 0 aliphatic rings. The monoisotopic (exact) mass is 648 g/mol. The summed E-state index contributed by atoms with van der Waals surface area (Å²) in [6, 6.07) is 22.5. The number of ether oxygens (including phenoxy) is 1. The number of rotatable bonds is 9. The number of Topliss-reactive ketones (excluding diaryl/α,β-unsaturated/α-hetero) is 1. The summed E-state index contributed by atoms with van der Waals surface area (Å²) in [4.78, 5) is 56.8. The molecule has 1 N–H and O–H groups in total. The summed E-state index contributed by atoms with van der Waals surface area (Å²) in [6.07, 6.45) is 0.707. The van der Waals surface area contributed by atoms with Crippen LogP contribution in [-0.2, 0) is 13.0 Å². The van der Waals surface area contributed by atoms with Crippen LogP contribution < -0.4 is 21.7 Å². The molecule has 3 aromatic heterocycles. The summed E-state index contributed by atoms with van der Waals surface area (Å²) in [5.74, 6) is -0.0556.